The number of ether oxygens (including phenoxy) is 1. The van der Waals surface area contributed by atoms with Crippen LogP contribution in [0.3, 0.4) is 0 Å². The predicted molar refractivity (Wildman–Crippen MR) is 144 cm³/mol. The second-order valence-electron chi connectivity index (χ2n) is 9.07. The van der Waals surface area contributed by atoms with E-state index in [1.807, 2.05) is 26.0 Å². The maximum atomic E-state index is 13.3. The molecule has 0 fully saturated rings. The fourth-order valence-electron chi connectivity index (χ4n) is 3.61. The minimum Gasteiger partial charge on any atom is -0.497 e. The molecule has 2 amide bonds. The molecule has 0 bridgehead atoms. The fraction of sp³-hybridized carbons (Fsp3) is 0.462. The summed E-state index contributed by atoms with van der Waals surface area (Å²) in [5, 5.41) is 3.38. The zero-order chi connectivity index (χ0) is 26.9. The van der Waals surface area contributed by atoms with Gasteiger partial charge in [-0.15, -0.1) is 0 Å². The number of methoxy groups -OCH3 is 1. The van der Waals surface area contributed by atoms with Gasteiger partial charge in [0.05, 0.1) is 19.1 Å². The van der Waals surface area contributed by atoms with Gasteiger partial charge in [-0.25, -0.2) is 8.42 Å². The number of nitrogens with zero attached hydrogens (tertiary/aromatic N) is 2. The Labute approximate surface area is 219 Å². The van der Waals surface area contributed by atoms with Gasteiger partial charge in [0, 0.05) is 37.1 Å². The molecular formula is C26H36ClN3O5S. The average molecular weight is 538 g/mol. The molecule has 1 N–H and O–H groups in total. The third-order valence-corrected chi connectivity index (χ3v) is 7.21. The fourth-order valence-corrected chi connectivity index (χ4v) is 4.77. The van der Waals surface area contributed by atoms with Crippen LogP contribution in [0.5, 0.6) is 5.75 Å². The van der Waals surface area contributed by atoms with Crippen molar-refractivity contribution in [1.82, 2.24) is 10.2 Å². The number of anilines is 1. The first-order chi connectivity index (χ1) is 16.9. The summed E-state index contributed by atoms with van der Waals surface area (Å²) in [5.74, 6) is 0.288. The normalized spacial score (nSPS) is 12.2. The SMILES string of the molecule is COc1cccc(N(CCCC(=O)N(Cc2ccccc2Cl)[C@@H](C)C(=O)NCC(C)C)S(C)(=O)=O)c1. The first kappa shape index (κ1) is 29.5. The Morgan fingerprint density at radius 3 is 2.39 bits per heavy atom. The first-order valence-electron chi connectivity index (χ1n) is 11.9. The average Bonchev–Trinajstić information content (AvgIpc) is 2.83. The van der Waals surface area contributed by atoms with E-state index in [1.165, 1.54) is 16.3 Å². The van der Waals surface area contributed by atoms with Crippen LogP contribution in [0, 0.1) is 5.92 Å². The van der Waals surface area contributed by atoms with E-state index in [2.05, 4.69) is 5.32 Å². The van der Waals surface area contributed by atoms with Crippen LogP contribution < -0.4 is 14.4 Å². The van der Waals surface area contributed by atoms with Crippen molar-refractivity contribution < 1.29 is 22.7 Å². The molecule has 0 aliphatic carbocycles. The molecule has 0 saturated carbocycles. The lowest BCUT2D eigenvalue weighted by atomic mass is 10.1. The summed E-state index contributed by atoms with van der Waals surface area (Å²) in [6.45, 7) is 6.44. The topological polar surface area (TPSA) is 96.0 Å². The van der Waals surface area contributed by atoms with E-state index in [-0.39, 0.29) is 43.7 Å². The highest BCUT2D eigenvalue weighted by atomic mass is 35.5. The summed E-state index contributed by atoms with van der Waals surface area (Å²) < 4.78 is 31.4. The molecule has 0 aliphatic rings. The van der Waals surface area contributed by atoms with Gasteiger partial charge in [-0.3, -0.25) is 13.9 Å². The summed E-state index contributed by atoms with van der Waals surface area (Å²) in [6.07, 6.45) is 1.45. The van der Waals surface area contributed by atoms with E-state index in [1.54, 1.807) is 43.3 Å². The highest BCUT2D eigenvalue weighted by molar-refractivity contribution is 7.92. The van der Waals surface area contributed by atoms with Crippen LogP contribution in [0.25, 0.3) is 0 Å². The van der Waals surface area contributed by atoms with E-state index in [0.717, 1.165) is 11.8 Å². The van der Waals surface area contributed by atoms with Crippen LogP contribution in [0.1, 0.15) is 39.2 Å². The lowest BCUT2D eigenvalue weighted by molar-refractivity contribution is -0.140. The number of nitrogens with one attached hydrogen (secondary N) is 1. The van der Waals surface area contributed by atoms with Crippen LogP contribution in [-0.4, -0.2) is 57.6 Å². The second-order valence-corrected chi connectivity index (χ2v) is 11.4. The Balaban J connectivity index is 2.18. The maximum Gasteiger partial charge on any atom is 0.242 e. The predicted octanol–water partition coefficient (Wildman–Crippen LogP) is 4.08. The molecule has 0 saturated heterocycles. The van der Waals surface area contributed by atoms with Crippen molar-refractivity contribution in [3.8, 4) is 5.75 Å². The first-order valence-corrected chi connectivity index (χ1v) is 14.1. The van der Waals surface area contributed by atoms with Gasteiger partial charge in [0.15, 0.2) is 0 Å². The third-order valence-electron chi connectivity index (χ3n) is 5.64. The van der Waals surface area contributed by atoms with E-state index in [0.29, 0.717) is 23.0 Å². The van der Waals surface area contributed by atoms with Gasteiger partial charge in [-0.2, -0.15) is 0 Å². The van der Waals surface area contributed by atoms with E-state index in [4.69, 9.17) is 16.3 Å². The van der Waals surface area contributed by atoms with Crippen molar-refractivity contribution in [2.75, 3.05) is 30.8 Å². The zero-order valence-corrected chi connectivity index (χ0v) is 23.1. The molecule has 2 aromatic rings. The molecule has 0 aliphatic heterocycles. The van der Waals surface area contributed by atoms with Crippen LogP contribution in [0.2, 0.25) is 5.02 Å². The number of sulfonamides is 1. The van der Waals surface area contributed by atoms with Crippen molar-refractivity contribution >= 4 is 39.1 Å². The van der Waals surface area contributed by atoms with Crippen LogP contribution in [0.4, 0.5) is 5.69 Å². The van der Waals surface area contributed by atoms with Crippen molar-refractivity contribution in [2.24, 2.45) is 5.92 Å². The monoisotopic (exact) mass is 537 g/mol. The summed E-state index contributed by atoms with van der Waals surface area (Å²) in [4.78, 5) is 27.6. The number of hydrogen-bond acceptors (Lipinski definition) is 5. The van der Waals surface area contributed by atoms with Gasteiger partial charge in [0.2, 0.25) is 21.8 Å². The number of hydrogen-bond donors (Lipinski definition) is 1. The molecule has 1 atom stereocenters. The molecule has 2 rings (SSSR count). The van der Waals surface area contributed by atoms with Crippen molar-refractivity contribution in [1.29, 1.82) is 0 Å². The lowest BCUT2D eigenvalue weighted by Gasteiger charge is -2.30. The smallest absolute Gasteiger partial charge is 0.242 e. The minimum atomic E-state index is -3.59. The Kier molecular flexibility index (Phi) is 11.0. The third kappa shape index (κ3) is 8.71. The Morgan fingerprint density at radius 1 is 1.08 bits per heavy atom. The summed E-state index contributed by atoms with van der Waals surface area (Å²) in [7, 11) is -2.08. The number of rotatable bonds is 13. The molecule has 198 valence electrons. The van der Waals surface area contributed by atoms with Gasteiger partial charge >= 0.3 is 0 Å². The maximum absolute atomic E-state index is 13.3. The van der Waals surface area contributed by atoms with E-state index < -0.39 is 16.1 Å². The largest absolute Gasteiger partial charge is 0.497 e. The van der Waals surface area contributed by atoms with Crippen LogP contribution >= 0.6 is 11.6 Å². The Hall–Kier alpha value is -2.78. The number of carbonyl (C=O) groups excluding carboxylic acids is 2. The molecule has 8 nitrogen and oxygen atoms in total. The van der Waals surface area contributed by atoms with Crippen LogP contribution in [0.15, 0.2) is 48.5 Å². The van der Waals surface area contributed by atoms with Gasteiger partial charge in [-0.05, 0) is 43.0 Å². The van der Waals surface area contributed by atoms with Gasteiger partial charge in [0.1, 0.15) is 11.8 Å². The van der Waals surface area contributed by atoms with Crippen molar-refractivity contribution in [3.63, 3.8) is 0 Å². The van der Waals surface area contributed by atoms with Crippen molar-refractivity contribution in [2.45, 2.75) is 46.2 Å². The van der Waals surface area contributed by atoms with Gasteiger partial charge in [-0.1, -0.05) is 49.7 Å². The molecule has 10 heteroatoms. The summed E-state index contributed by atoms with van der Waals surface area (Å²) >= 11 is 6.33. The lowest BCUT2D eigenvalue weighted by Crippen LogP contribution is -2.48. The number of benzene rings is 2. The standard InChI is InChI=1S/C26H36ClN3O5S/c1-19(2)17-28-26(32)20(3)29(18-21-10-6-7-13-24(21)27)25(31)14-9-15-30(36(5,33)34)22-11-8-12-23(16-22)35-4/h6-8,10-13,16,19-20H,9,14-15,17-18H2,1-5H3,(H,28,32)/t20-/m0/s1. The van der Waals surface area contributed by atoms with Gasteiger partial charge in [0.25, 0.3) is 0 Å². The molecular weight excluding hydrogens is 502 g/mol. The van der Waals surface area contributed by atoms with Crippen molar-refractivity contribution in [3.05, 3.63) is 59.1 Å². The van der Waals surface area contributed by atoms with Gasteiger partial charge < -0.3 is 15.0 Å². The summed E-state index contributed by atoms with van der Waals surface area (Å²) in [5.41, 5.74) is 1.18. The quantitative estimate of drug-likeness (QED) is 0.415. The highest BCUT2D eigenvalue weighted by Gasteiger charge is 2.27. The van der Waals surface area contributed by atoms with E-state index in [9.17, 15) is 18.0 Å². The summed E-state index contributed by atoms with van der Waals surface area (Å²) in [6, 6.07) is 13.2. The highest BCUT2D eigenvalue weighted by Crippen LogP contribution is 2.24. The van der Waals surface area contributed by atoms with Crippen LogP contribution in [-0.2, 0) is 26.2 Å². The molecule has 0 aromatic heterocycles. The minimum absolute atomic E-state index is 0.0578. The molecule has 0 unspecified atom stereocenters. The molecule has 0 radical (unpaired) electrons. The Bertz CT molecular complexity index is 1140. The molecule has 0 spiro atoms. The molecule has 0 heterocycles. The van der Waals surface area contributed by atoms with E-state index >= 15 is 0 Å². The molecule has 36 heavy (non-hydrogen) atoms. The number of halogens is 1. The number of carbonyl (C=O) groups is 2. The second kappa shape index (κ2) is 13.5. The Morgan fingerprint density at radius 2 is 1.78 bits per heavy atom. The zero-order valence-electron chi connectivity index (χ0n) is 21.5. The molecule has 2 aromatic carbocycles. The number of amides is 2.